The molecule has 1 fully saturated rings. The summed E-state index contributed by atoms with van der Waals surface area (Å²) in [6, 6.07) is 4.18. The molecule has 1 saturated heterocycles. The highest BCUT2D eigenvalue weighted by atomic mass is 15.1. The summed E-state index contributed by atoms with van der Waals surface area (Å²) in [5, 5.41) is 9.01. The lowest BCUT2D eigenvalue weighted by Crippen LogP contribution is -2.34. The average molecular weight is 269 g/mol. The molecule has 0 bridgehead atoms. The SMILES string of the molecule is Cc1[nH]c(CN2CCC[C@H](c3ncc[nH]3)C2)cc1C#N. The topological polar surface area (TPSA) is 71.5 Å². The maximum Gasteiger partial charge on any atom is 0.110 e. The highest BCUT2D eigenvalue weighted by Gasteiger charge is 2.23. The fourth-order valence-electron chi connectivity index (χ4n) is 2.99. The summed E-state index contributed by atoms with van der Waals surface area (Å²) in [5.74, 6) is 1.58. The van der Waals surface area contributed by atoms with Crippen molar-refractivity contribution in [3.05, 3.63) is 41.2 Å². The van der Waals surface area contributed by atoms with Gasteiger partial charge in [-0.1, -0.05) is 0 Å². The number of rotatable bonds is 3. The first-order chi connectivity index (χ1) is 9.76. The summed E-state index contributed by atoms with van der Waals surface area (Å²) < 4.78 is 0. The van der Waals surface area contributed by atoms with Gasteiger partial charge in [-0.2, -0.15) is 5.26 Å². The third-order valence-corrected chi connectivity index (χ3v) is 4.00. The normalized spacial score (nSPS) is 19.9. The fourth-order valence-corrected chi connectivity index (χ4v) is 2.99. The van der Waals surface area contributed by atoms with Crippen molar-refractivity contribution in [2.75, 3.05) is 13.1 Å². The number of piperidine rings is 1. The maximum atomic E-state index is 9.01. The number of hydrogen-bond acceptors (Lipinski definition) is 3. The molecule has 20 heavy (non-hydrogen) atoms. The van der Waals surface area contributed by atoms with Crippen LogP contribution in [0.5, 0.6) is 0 Å². The van der Waals surface area contributed by atoms with Gasteiger partial charge in [-0.25, -0.2) is 4.98 Å². The first kappa shape index (κ1) is 12.9. The van der Waals surface area contributed by atoms with E-state index < -0.39 is 0 Å². The van der Waals surface area contributed by atoms with E-state index in [2.05, 4.69) is 25.9 Å². The second kappa shape index (κ2) is 5.51. The van der Waals surface area contributed by atoms with E-state index in [0.717, 1.165) is 42.4 Å². The lowest BCUT2D eigenvalue weighted by molar-refractivity contribution is 0.195. The van der Waals surface area contributed by atoms with Gasteiger partial charge < -0.3 is 9.97 Å². The molecule has 104 valence electrons. The molecular weight excluding hydrogens is 250 g/mol. The van der Waals surface area contributed by atoms with Crippen molar-refractivity contribution in [1.82, 2.24) is 19.9 Å². The molecule has 0 saturated carbocycles. The van der Waals surface area contributed by atoms with E-state index in [9.17, 15) is 0 Å². The summed E-state index contributed by atoms with van der Waals surface area (Å²) >= 11 is 0. The second-order valence-electron chi connectivity index (χ2n) is 5.49. The maximum absolute atomic E-state index is 9.01. The van der Waals surface area contributed by atoms with Crippen molar-refractivity contribution < 1.29 is 0 Å². The minimum absolute atomic E-state index is 0.491. The van der Waals surface area contributed by atoms with Gasteiger partial charge in [0.1, 0.15) is 11.9 Å². The van der Waals surface area contributed by atoms with Crippen molar-refractivity contribution in [1.29, 1.82) is 5.26 Å². The molecule has 0 spiro atoms. The number of H-pyrrole nitrogens is 2. The van der Waals surface area contributed by atoms with E-state index in [1.54, 1.807) is 0 Å². The van der Waals surface area contributed by atoms with Gasteiger partial charge in [0, 0.05) is 42.8 Å². The van der Waals surface area contributed by atoms with Gasteiger partial charge in [-0.05, 0) is 32.4 Å². The standard InChI is InChI=1S/C15H19N5/c1-11-13(8-16)7-14(19-11)10-20-6-2-3-12(9-20)15-17-4-5-18-15/h4-5,7,12,19H,2-3,6,9-10H2,1H3,(H,17,18)/t12-/m0/s1. The van der Waals surface area contributed by atoms with Crippen LogP contribution in [0.1, 0.15) is 41.5 Å². The van der Waals surface area contributed by atoms with Gasteiger partial charge >= 0.3 is 0 Å². The molecular formula is C15H19N5. The van der Waals surface area contributed by atoms with Gasteiger partial charge in [0.05, 0.1) is 5.56 Å². The Bertz CT molecular complexity index is 605. The molecule has 0 radical (unpaired) electrons. The molecule has 5 nitrogen and oxygen atoms in total. The molecule has 1 atom stereocenters. The Labute approximate surface area is 118 Å². The Kier molecular flexibility index (Phi) is 3.57. The van der Waals surface area contributed by atoms with Crippen molar-refractivity contribution in [3.8, 4) is 6.07 Å². The Balaban J connectivity index is 1.67. The molecule has 3 rings (SSSR count). The zero-order chi connectivity index (χ0) is 13.9. The van der Waals surface area contributed by atoms with Gasteiger partial charge in [0.25, 0.3) is 0 Å². The van der Waals surface area contributed by atoms with Crippen molar-refractivity contribution in [2.45, 2.75) is 32.2 Å². The van der Waals surface area contributed by atoms with E-state index >= 15 is 0 Å². The summed E-state index contributed by atoms with van der Waals surface area (Å²) in [6.07, 6.45) is 6.09. The third kappa shape index (κ3) is 2.61. The molecule has 0 unspecified atom stereocenters. The molecule has 2 N–H and O–H groups in total. The lowest BCUT2D eigenvalue weighted by Gasteiger charge is -2.31. The van der Waals surface area contributed by atoms with Gasteiger partial charge in [-0.3, -0.25) is 4.90 Å². The zero-order valence-electron chi connectivity index (χ0n) is 11.7. The number of nitriles is 1. The van der Waals surface area contributed by atoms with E-state index in [4.69, 9.17) is 5.26 Å². The van der Waals surface area contributed by atoms with Crippen LogP contribution in [0.3, 0.4) is 0 Å². The number of imidazole rings is 1. The molecule has 2 aromatic heterocycles. The molecule has 1 aliphatic heterocycles. The summed E-state index contributed by atoms with van der Waals surface area (Å²) in [7, 11) is 0. The number of nitrogens with zero attached hydrogens (tertiary/aromatic N) is 3. The Morgan fingerprint density at radius 1 is 1.55 bits per heavy atom. The number of hydrogen-bond donors (Lipinski definition) is 2. The summed E-state index contributed by atoms with van der Waals surface area (Å²) in [6.45, 7) is 4.95. The van der Waals surface area contributed by atoms with Crippen LogP contribution in [-0.2, 0) is 6.54 Å². The predicted molar refractivity (Wildman–Crippen MR) is 76.1 cm³/mol. The highest BCUT2D eigenvalue weighted by Crippen LogP contribution is 2.25. The van der Waals surface area contributed by atoms with Gasteiger partial charge in [0.2, 0.25) is 0 Å². The van der Waals surface area contributed by atoms with Crippen LogP contribution >= 0.6 is 0 Å². The third-order valence-electron chi connectivity index (χ3n) is 4.00. The number of aromatic amines is 2. The minimum atomic E-state index is 0.491. The smallest absolute Gasteiger partial charge is 0.110 e. The Hall–Kier alpha value is -2.06. The highest BCUT2D eigenvalue weighted by molar-refractivity contribution is 5.35. The predicted octanol–water partition coefficient (Wildman–Crippen LogP) is 2.30. The zero-order valence-corrected chi connectivity index (χ0v) is 11.7. The van der Waals surface area contributed by atoms with Gasteiger partial charge in [-0.15, -0.1) is 0 Å². The molecule has 2 aromatic rings. The van der Waals surface area contributed by atoms with Crippen LogP contribution in [0.15, 0.2) is 18.5 Å². The van der Waals surface area contributed by atoms with E-state index in [-0.39, 0.29) is 0 Å². The molecule has 0 aromatic carbocycles. The van der Waals surface area contributed by atoms with Crippen LogP contribution in [0.4, 0.5) is 0 Å². The second-order valence-corrected chi connectivity index (χ2v) is 5.49. The number of likely N-dealkylation sites (tertiary alicyclic amines) is 1. The van der Waals surface area contributed by atoms with Crippen LogP contribution in [0.2, 0.25) is 0 Å². The monoisotopic (exact) mass is 269 g/mol. The number of nitrogens with one attached hydrogen (secondary N) is 2. The van der Waals surface area contributed by atoms with E-state index in [0.29, 0.717) is 5.92 Å². The lowest BCUT2D eigenvalue weighted by atomic mass is 9.97. The summed E-state index contributed by atoms with van der Waals surface area (Å²) in [5.41, 5.74) is 2.83. The molecule has 3 heterocycles. The molecule has 0 aliphatic carbocycles. The van der Waals surface area contributed by atoms with E-state index in [1.165, 1.54) is 12.8 Å². The molecule has 1 aliphatic rings. The first-order valence-electron chi connectivity index (χ1n) is 7.06. The molecule has 0 amide bonds. The number of aromatic nitrogens is 3. The average Bonchev–Trinajstić information content (AvgIpc) is 3.09. The largest absolute Gasteiger partial charge is 0.360 e. The fraction of sp³-hybridized carbons (Fsp3) is 0.467. The van der Waals surface area contributed by atoms with Crippen LogP contribution in [0, 0.1) is 18.3 Å². The number of aryl methyl sites for hydroxylation is 1. The quantitative estimate of drug-likeness (QED) is 0.898. The summed E-state index contributed by atoms with van der Waals surface area (Å²) in [4.78, 5) is 13.3. The van der Waals surface area contributed by atoms with Crippen molar-refractivity contribution >= 4 is 0 Å². The van der Waals surface area contributed by atoms with Crippen LogP contribution in [0.25, 0.3) is 0 Å². The first-order valence-corrected chi connectivity index (χ1v) is 7.06. The van der Waals surface area contributed by atoms with Crippen molar-refractivity contribution in [3.63, 3.8) is 0 Å². The Morgan fingerprint density at radius 3 is 3.15 bits per heavy atom. The van der Waals surface area contributed by atoms with E-state index in [1.807, 2.05) is 25.4 Å². The van der Waals surface area contributed by atoms with Crippen molar-refractivity contribution in [2.24, 2.45) is 0 Å². The Morgan fingerprint density at radius 2 is 2.45 bits per heavy atom. The van der Waals surface area contributed by atoms with Crippen LogP contribution < -0.4 is 0 Å². The molecule has 5 heteroatoms. The minimum Gasteiger partial charge on any atom is -0.360 e. The van der Waals surface area contributed by atoms with Crippen LogP contribution in [-0.4, -0.2) is 32.9 Å². The van der Waals surface area contributed by atoms with Gasteiger partial charge in [0.15, 0.2) is 0 Å².